The summed E-state index contributed by atoms with van der Waals surface area (Å²) >= 11 is 0. The maximum absolute atomic E-state index is 12.6. The molecule has 9 heteroatoms. The van der Waals surface area contributed by atoms with Gasteiger partial charge in [0.25, 0.3) is 5.91 Å². The third-order valence-corrected chi connectivity index (χ3v) is 4.57. The first-order valence-corrected chi connectivity index (χ1v) is 9.79. The van der Waals surface area contributed by atoms with Gasteiger partial charge in [-0.25, -0.2) is 14.4 Å². The Morgan fingerprint density at radius 1 is 0.968 bits per heavy atom. The average Bonchev–Trinajstić information content (AvgIpc) is 3.22. The van der Waals surface area contributed by atoms with Crippen molar-refractivity contribution in [1.82, 2.24) is 15.5 Å². The topological polar surface area (TPSA) is 114 Å². The van der Waals surface area contributed by atoms with Gasteiger partial charge in [-0.2, -0.15) is 0 Å². The molecule has 4 amide bonds. The maximum atomic E-state index is 12.6. The molecule has 2 N–H and O–H groups in total. The number of carbonyl (C=O) groups is 4. The Kier molecular flexibility index (Phi) is 7.58. The number of rotatable bonds is 8. The Labute approximate surface area is 179 Å². The van der Waals surface area contributed by atoms with E-state index in [0.717, 1.165) is 16.0 Å². The number of ether oxygens (including phenoxy) is 2. The second-order valence-electron chi connectivity index (χ2n) is 6.83. The first kappa shape index (κ1) is 21.8. The summed E-state index contributed by atoms with van der Waals surface area (Å²) in [5, 5.41) is 5.00. The SMILES string of the molecule is O=C(N[C@@H](Cc1ccccc1)C(=O)OCC(=O)N1CCNC1=O)OCc1ccccc1. The van der Waals surface area contributed by atoms with Crippen LogP contribution in [0.4, 0.5) is 9.59 Å². The minimum atomic E-state index is -1.06. The highest BCUT2D eigenvalue weighted by molar-refractivity contribution is 5.97. The summed E-state index contributed by atoms with van der Waals surface area (Å²) in [5.41, 5.74) is 1.59. The Hall–Kier alpha value is -3.88. The molecule has 0 spiro atoms. The molecular weight excluding hydrogens is 402 g/mol. The van der Waals surface area contributed by atoms with E-state index in [1.165, 1.54) is 0 Å². The Morgan fingerprint density at radius 3 is 2.23 bits per heavy atom. The van der Waals surface area contributed by atoms with Crippen LogP contribution in [-0.2, 0) is 32.1 Å². The molecule has 1 atom stereocenters. The van der Waals surface area contributed by atoms with Crippen LogP contribution in [-0.4, -0.2) is 54.6 Å². The number of esters is 1. The highest BCUT2D eigenvalue weighted by Gasteiger charge is 2.29. The van der Waals surface area contributed by atoms with Gasteiger partial charge in [0.2, 0.25) is 0 Å². The van der Waals surface area contributed by atoms with Gasteiger partial charge in [0.05, 0.1) is 0 Å². The van der Waals surface area contributed by atoms with E-state index in [0.29, 0.717) is 6.54 Å². The lowest BCUT2D eigenvalue weighted by Crippen LogP contribution is -2.45. The monoisotopic (exact) mass is 425 g/mol. The van der Waals surface area contributed by atoms with Gasteiger partial charge in [-0.15, -0.1) is 0 Å². The second kappa shape index (κ2) is 10.8. The van der Waals surface area contributed by atoms with Gasteiger partial charge in [-0.3, -0.25) is 9.69 Å². The summed E-state index contributed by atoms with van der Waals surface area (Å²) in [4.78, 5) is 49.5. The highest BCUT2D eigenvalue weighted by atomic mass is 16.6. The van der Waals surface area contributed by atoms with Crippen molar-refractivity contribution >= 4 is 24.0 Å². The van der Waals surface area contributed by atoms with Crippen LogP contribution < -0.4 is 10.6 Å². The van der Waals surface area contributed by atoms with Crippen LogP contribution in [0.5, 0.6) is 0 Å². The van der Waals surface area contributed by atoms with Crippen molar-refractivity contribution in [1.29, 1.82) is 0 Å². The van der Waals surface area contributed by atoms with Gasteiger partial charge in [-0.1, -0.05) is 60.7 Å². The zero-order valence-electron chi connectivity index (χ0n) is 16.8. The largest absolute Gasteiger partial charge is 0.454 e. The molecule has 0 bridgehead atoms. The van der Waals surface area contributed by atoms with Crippen molar-refractivity contribution in [3.8, 4) is 0 Å². The Morgan fingerprint density at radius 2 is 1.61 bits per heavy atom. The fraction of sp³-hybridized carbons (Fsp3) is 0.273. The number of hydrogen-bond acceptors (Lipinski definition) is 6. The minimum Gasteiger partial charge on any atom is -0.454 e. The predicted octanol–water partition coefficient (Wildman–Crippen LogP) is 1.62. The Bertz CT molecular complexity index is 919. The van der Waals surface area contributed by atoms with Crippen molar-refractivity contribution < 1.29 is 28.7 Å². The fourth-order valence-corrected chi connectivity index (χ4v) is 2.97. The van der Waals surface area contributed by atoms with Gasteiger partial charge in [0, 0.05) is 19.5 Å². The minimum absolute atomic E-state index is 0.0440. The molecule has 1 aliphatic rings. The van der Waals surface area contributed by atoms with Crippen molar-refractivity contribution in [2.24, 2.45) is 0 Å². The molecule has 0 unspecified atom stereocenters. The van der Waals surface area contributed by atoms with Crippen molar-refractivity contribution in [2.75, 3.05) is 19.7 Å². The van der Waals surface area contributed by atoms with Crippen LogP contribution in [0, 0.1) is 0 Å². The van der Waals surface area contributed by atoms with Crippen LogP contribution in [0.1, 0.15) is 11.1 Å². The van der Waals surface area contributed by atoms with E-state index >= 15 is 0 Å². The summed E-state index contributed by atoms with van der Waals surface area (Å²) < 4.78 is 10.3. The molecule has 0 radical (unpaired) electrons. The number of amides is 4. The van der Waals surface area contributed by atoms with E-state index < -0.39 is 36.6 Å². The summed E-state index contributed by atoms with van der Waals surface area (Å²) in [5.74, 6) is -1.43. The van der Waals surface area contributed by atoms with Crippen LogP contribution in [0.25, 0.3) is 0 Å². The molecule has 31 heavy (non-hydrogen) atoms. The standard InChI is InChI=1S/C22H23N3O6/c26-19(25-12-11-23-21(25)28)15-30-20(27)18(13-16-7-3-1-4-8-16)24-22(29)31-14-17-9-5-2-6-10-17/h1-10,18H,11-15H2,(H,23,28)(H,24,29)/t18-/m0/s1. The lowest BCUT2D eigenvalue weighted by molar-refractivity contribution is -0.152. The van der Waals surface area contributed by atoms with Crippen LogP contribution in [0.2, 0.25) is 0 Å². The smallest absolute Gasteiger partial charge is 0.408 e. The lowest BCUT2D eigenvalue weighted by Gasteiger charge is -2.18. The van der Waals surface area contributed by atoms with Crippen LogP contribution in [0.3, 0.4) is 0 Å². The predicted molar refractivity (Wildman–Crippen MR) is 110 cm³/mol. The summed E-state index contributed by atoms with van der Waals surface area (Å²) in [6, 6.07) is 16.6. The number of alkyl carbamates (subject to hydrolysis) is 1. The maximum Gasteiger partial charge on any atom is 0.408 e. The first-order valence-electron chi connectivity index (χ1n) is 9.79. The van der Waals surface area contributed by atoms with E-state index in [-0.39, 0.29) is 19.6 Å². The van der Waals surface area contributed by atoms with Crippen LogP contribution in [0.15, 0.2) is 60.7 Å². The fourth-order valence-electron chi connectivity index (χ4n) is 2.97. The molecule has 2 aromatic rings. The number of urea groups is 1. The third kappa shape index (κ3) is 6.56. The number of carbonyl (C=O) groups excluding carboxylic acids is 4. The number of nitrogens with one attached hydrogen (secondary N) is 2. The molecule has 0 aliphatic carbocycles. The van der Waals surface area contributed by atoms with Gasteiger partial charge >= 0.3 is 18.1 Å². The quantitative estimate of drug-likeness (QED) is 0.622. The molecule has 1 heterocycles. The molecular formula is C22H23N3O6. The van der Waals surface area contributed by atoms with Gasteiger partial charge in [-0.05, 0) is 11.1 Å². The van der Waals surface area contributed by atoms with Crippen LogP contribution >= 0.6 is 0 Å². The summed E-state index contributed by atoms with van der Waals surface area (Å²) in [6.45, 7) is 0.0112. The van der Waals surface area contributed by atoms with E-state index in [4.69, 9.17) is 9.47 Å². The number of imide groups is 1. The number of nitrogens with zero attached hydrogens (tertiary/aromatic N) is 1. The molecule has 1 fully saturated rings. The first-order chi connectivity index (χ1) is 15.0. The second-order valence-corrected chi connectivity index (χ2v) is 6.83. The molecule has 2 aromatic carbocycles. The lowest BCUT2D eigenvalue weighted by atomic mass is 10.1. The molecule has 9 nitrogen and oxygen atoms in total. The molecule has 3 rings (SSSR count). The third-order valence-electron chi connectivity index (χ3n) is 4.57. The van der Waals surface area contributed by atoms with E-state index in [9.17, 15) is 19.2 Å². The highest BCUT2D eigenvalue weighted by Crippen LogP contribution is 2.07. The zero-order valence-corrected chi connectivity index (χ0v) is 16.8. The number of benzene rings is 2. The van der Waals surface area contributed by atoms with Crippen molar-refractivity contribution in [3.63, 3.8) is 0 Å². The zero-order chi connectivity index (χ0) is 22.1. The average molecular weight is 425 g/mol. The van der Waals surface area contributed by atoms with Crippen molar-refractivity contribution in [2.45, 2.75) is 19.1 Å². The summed E-state index contributed by atoms with van der Waals surface area (Å²) in [7, 11) is 0. The molecule has 162 valence electrons. The molecule has 0 saturated carbocycles. The van der Waals surface area contributed by atoms with Gasteiger partial charge < -0.3 is 20.1 Å². The normalized spacial score (nSPS) is 13.8. The van der Waals surface area contributed by atoms with Gasteiger partial charge in [0.1, 0.15) is 12.6 Å². The van der Waals surface area contributed by atoms with E-state index in [1.54, 1.807) is 24.3 Å². The van der Waals surface area contributed by atoms with E-state index in [2.05, 4.69) is 10.6 Å². The summed E-state index contributed by atoms with van der Waals surface area (Å²) in [6.07, 6.45) is -0.634. The van der Waals surface area contributed by atoms with Crippen molar-refractivity contribution in [3.05, 3.63) is 71.8 Å². The van der Waals surface area contributed by atoms with E-state index in [1.807, 2.05) is 36.4 Å². The molecule has 1 saturated heterocycles. The molecule has 0 aromatic heterocycles. The number of hydrogen-bond donors (Lipinski definition) is 2. The Balaban J connectivity index is 1.58. The molecule has 1 aliphatic heterocycles. The van der Waals surface area contributed by atoms with Gasteiger partial charge in [0.15, 0.2) is 6.61 Å².